The smallest absolute Gasteiger partial charge is 0.251 e. The molecule has 1 amide bonds. The van der Waals surface area contributed by atoms with Crippen molar-refractivity contribution in [3.05, 3.63) is 48.5 Å². The number of hydrogen-bond acceptors (Lipinski definition) is 6. The fraction of sp³-hybridized carbons (Fsp3) is 0.318. The number of aliphatic hydroxyl groups is 1. The van der Waals surface area contributed by atoms with Gasteiger partial charge in [0, 0.05) is 31.6 Å². The Labute approximate surface area is 169 Å². The SMILES string of the molecule is CCC(O)C(=O)N1CCN(c2nc(-c3ccccc3O)nc3ccccc23)CC1. The number of carbonyl (C=O) groups is 1. The van der Waals surface area contributed by atoms with Crippen LogP contribution in [0.2, 0.25) is 0 Å². The lowest BCUT2D eigenvalue weighted by Crippen LogP contribution is -2.51. The molecule has 1 fully saturated rings. The quantitative estimate of drug-likeness (QED) is 0.709. The Morgan fingerprint density at radius 3 is 2.45 bits per heavy atom. The average Bonchev–Trinajstić information content (AvgIpc) is 2.77. The van der Waals surface area contributed by atoms with Crippen molar-refractivity contribution >= 4 is 22.6 Å². The molecular formula is C22H24N4O3. The molecule has 29 heavy (non-hydrogen) atoms. The molecule has 1 unspecified atom stereocenters. The van der Waals surface area contributed by atoms with Gasteiger partial charge in [-0.1, -0.05) is 31.2 Å². The molecule has 7 heteroatoms. The molecule has 2 aromatic carbocycles. The molecule has 4 rings (SSSR count). The zero-order valence-corrected chi connectivity index (χ0v) is 16.3. The van der Waals surface area contributed by atoms with E-state index in [2.05, 4.69) is 9.88 Å². The van der Waals surface area contributed by atoms with Crippen LogP contribution in [0.4, 0.5) is 5.82 Å². The molecular weight excluding hydrogens is 368 g/mol. The van der Waals surface area contributed by atoms with Gasteiger partial charge in [-0.3, -0.25) is 4.79 Å². The largest absolute Gasteiger partial charge is 0.507 e. The van der Waals surface area contributed by atoms with Gasteiger partial charge in [0.25, 0.3) is 5.91 Å². The first-order valence-electron chi connectivity index (χ1n) is 9.85. The number of amides is 1. The van der Waals surface area contributed by atoms with Crippen molar-refractivity contribution in [1.29, 1.82) is 0 Å². The van der Waals surface area contributed by atoms with Crippen molar-refractivity contribution in [3.8, 4) is 17.1 Å². The third-order valence-electron chi connectivity index (χ3n) is 5.29. The maximum Gasteiger partial charge on any atom is 0.251 e. The molecule has 1 aliphatic heterocycles. The van der Waals surface area contributed by atoms with Gasteiger partial charge in [-0.25, -0.2) is 9.97 Å². The van der Waals surface area contributed by atoms with Gasteiger partial charge in [0.15, 0.2) is 5.82 Å². The minimum Gasteiger partial charge on any atom is -0.507 e. The van der Waals surface area contributed by atoms with Crippen LogP contribution in [0.3, 0.4) is 0 Å². The number of aromatic nitrogens is 2. The average molecular weight is 392 g/mol. The predicted octanol–water partition coefficient (Wildman–Crippen LogP) is 2.42. The standard InChI is InChI=1S/C22H24N4O3/c1-2-18(27)22(29)26-13-11-25(12-14-26)21-15-7-3-5-9-17(15)23-20(24-21)16-8-4-6-10-19(16)28/h3-10,18,27-28H,2,11-14H2,1H3. The number of hydrogen-bond donors (Lipinski definition) is 2. The second-order valence-electron chi connectivity index (χ2n) is 7.14. The summed E-state index contributed by atoms with van der Waals surface area (Å²) in [5, 5.41) is 21.0. The van der Waals surface area contributed by atoms with E-state index in [0.717, 1.165) is 16.7 Å². The number of rotatable bonds is 4. The summed E-state index contributed by atoms with van der Waals surface area (Å²) in [5.74, 6) is 1.18. The molecule has 1 saturated heterocycles. The Balaban J connectivity index is 1.67. The van der Waals surface area contributed by atoms with Crippen molar-refractivity contribution in [2.24, 2.45) is 0 Å². The lowest BCUT2D eigenvalue weighted by atomic mass is 10.1. The lowest BCUT2D eigenvalue weighted by molar-refractivity contribution is -0.140. The Morgan fingerprint density at radius 1 is 1.03 bits per heavy atom. The first kappa shape index (κ1) is 19.1. The van der Waals surface area contributed by atoms with Crippen LogP contribution >= 0.6 is 0 Å². The zero-order chi connectivity index (χ0) is 20.4. The highest BCUT2D eigenvalue weighted by Gasteiger charge is 2.27. The van der Waals surface area contributed by atoms with Gasteiger partial charge < -0.3 is 20.0 Å². The molecule has 2 N–H and O–H groups in total. The van der Waals surface area contributed by atoms with Crippen molar-refractivity contribution in [2.45, 2.75) is 19.4 Å². The van der Waals surface area contributed by atoms with Crippen LogP contribution in [0.5, 0.6) is 5.75 Å². The second-order valence-corrected chi connectivity index (χ2v) is 7.14. The fourth-order valence-corrected chi connectivity index (χ4v) is 3.61. The van der Waals surface area contributed by atoms with Crippen molar-refractivity contribution < 1.29 is 15.0 Å². The molecule has 1 aliphatic rings. The van der Waals surface area contributed by atoms with E-state index in [0.29, 0.717) is 44.0 Å². The number of piperazine rings is 1. The molecule has 3 aromatic rings. The third-order valence-corrected chi connectivity index (χ3v) is 5.29. The van der Waals surface area contributed by atoms with Gasteiger partial charge in [0.2, 0.25) is 0 Å². The number of nitrogens with zero attached hydrogens (tertiary/aromatic N) is 4. The van der Waals surface area contributed by atoms with Crippen LogP contribution in [0.1, 0.15) is 13.3 Å². The molecule has 0 radical (unpaired) electrons. The van der Waals surface area contributed by atoms with E-state index in [-0.39, 0.29) is 11.7 Å². The van der Waals surface area contributed by atoms with Crippen molar-refractivity contribution in [1.82, 2.24) is 14.9 Å². The number of para-hydroxylation sites is 2. The predicted molar refractivity (Wildman–Crippen MR) is 112 cm³/mol. The normalized spacial score (nSPS) is 15.5. The van der Waals surface area contributed by atoms with Gasteiger partial charge in [0.1, 0.15) is 17.7 Å². The maximum atomic E-state index is 12.3. The van der Waals surface area contributed by atoms with E-state index in [9.17, 15) is 15.0 Å². The van der Waals surface area contributed by atoms with Crippen LogP contribution in [-0.4, -0.2) is 63.3 Å². The summed E-state index contributed by atoms with van der Waals surface area (Å²) < 4.78 is 0. The molecule has 1 aromatic heterocycles. The van der Waals surface area contributed by atoms with Crippen LogP contribution < -0.4 is 4.90 Å². The second kappa shape index (κ2) is 8.05. The fourth-order valence-electron chi connectivity index (χ4n) is 3.61. The van der Waals surface area contributed by atoms with Gasteiger partial charge in [-0.15, -0.1) is 0 Å². The molecule has 0 spiro atoms. The number of benzene rings is 2. The molecule has 150 valence electrons. The summed E-state index contributed by atoms with van der Waals surface area (Å²) in [6.07, 6.45) is -0.520. The molecule has 7 nitrogen and oxygen atoms in total. The number of aliphatic hydroxyl groups excluding tert-OH is 1. The number of fused-ring (bicyclic) bond motifs is 1. The first-order chi connectivity index (χ1) is 14.1. The number of phenolic OH excluding ortho intramolecular Hbond substituents is 1. The summed E-state index contributed by atoms with van der Waals surface area (Å²) in [4.78, 5) is 25.5. The van der Waals surface area contributed by atoms with Gasteiger partial charge in [-0.2, -0.15) is 0 Å². The van der Waals surface area contributed by atoms with E-state index in [4.69, 9.17) is 4.98 Å². The number of carbonyl (C=O) groups excluding carboxylic acids is 1. The minimum atomic E-state index is -0.936. The Bertz CT molecular complexity index is 1030. The Morgan fingerprint density at radius 2 is 1.72 bits per heavy atom. The number of anilines is 1. The lowest BCUT2D eigenvalue weighted by Gasteiger charge is -2.36. The Hall–Kier alpha value is -3.19. The third kappa shape index (κ3) is 3.73. The zero-order valence-electron chi connectivity index (χ0n) is 16.3. The van der Waals surface area contributed by atoms with E-state index in [1.165, 1.54) is 0 Å². The minimum absolute atomic E-state index is 0.137. The van der Waals surface area contributed by atoms with E-state index >= 15 is 0 Å². The number of aromatic hydroxyl groups is 1. The highest BCUT2D eigenvalue weighted by molar-refractivity contribution is 5.91. The van der Waals surface area contributed by atoms with E-state index in [1.54, 1.807) is 30.0 Å². The van der Waals surface area contributed by atoms with E-state index in [1.807, 2.05) is 30.3 Å². The summed E-state index contributed by atoms with van der Waals surface area (Å²) in [5.41, 5.74) is 1.38. The van der Waals surface area contributed by atoms with Gasteiger partial charge in [-0.05, 0) is 30.7 Å². The number of phenols is 1. The monoisotopic (exact) mass is 392 g/mol. The highest BCUT2D eigenvalue weighted by atomic mass is 16.3. The first-order valence-corrected chi connectivity index (χ1v) is 9.85. The molecule has 0 saturated carbocycles. The highest BCUT2D eigenvalue weighted by Crippen LogP contribution is 2.31. The summed E-state index contributed by atoms with van der Waals surface area (Å²) in [6.45, 7) is 4.08. The van der Waals surface area contributed by atoms with Crippen molar-refractivity contribution in [2.75, 3.05) is 31.1 Å². The summed E-state index contributed by atoms with van der Waals surface area (Å²) in [7, 11) is 0. The van der Waals surface area contributed by atoms with Gasteiger partial charge in [0.05, 0.1) is 11.1 Å². The van der Waals surface area contributed by atoms with Crippen LogP contribution in [0.25, 0.3) is 22.3 Å². The topological polar surface area (TPSA) is 89.8 Å². The summed E-state index contributed by atoms with van der Waals surface area (Å²) >= 11 is 0. The molecule has 1 atom stereocenters. The summed E-state index contributed by atoms with van der Waals surface area (Å²) in [6, 6.07) is 14.8. The molecule has 0 bridgehead atoms. The van der Waals surface area contributed by atoms with Crippen LogP contribution in [0, 0.1) is 0 Å². The molecule has 2 heterocycles. The molecule has 0 aliphatic carbocycles. The van der Waals surface area contributed by atoms with Crippen LogP contribution in [0.15, 0.2) is 48.5 Å². The van der Waals surface area contributed by atoms with Crippen molar-refractivity contribution in [3.63, 3.8) is 0 Å². The van der Waals surface area contributed by atoms with Gasteiger partial charge >= 0.3 is 0 Å². The van der Waals surface area contributed by atoms with E-state index < -0.39 is 6.10 Å². The maximum absolute atomic E-state index is 12.3. The van der Waals surface area contributed by atoms with Crippen LogP contribution in [-0.2, 0) is 4.79 Å². The Kier molecular flexibility index (Phi) is 5.31.